The number of anilines is 2. The molecule has 4 nitrogen and oxygen atoms in total. The van der Waals surface area contributed by atoms with Gasteiger partial charge in [0.2, 0.25) is 0 Å². The molecule has 0 amide bonds. The molecule has 1 heterocycles. The van der Waals surface area contributed by atoms with Crippen LogP contribution in [0, 0.1) is 11.3 Å². The van der Waals surface area contributed by atoms with Crippen molar-refractivity contribution in [2.75, 3.05) is 11.1 Å². The van der Waals surface area contributed by atoms with E-state index in [1.807, 2.05) is 31.2 Å². The summed E-state index contributed by atoms with van der Waals surface area (Å²) in [7, 11) is 0. The van der Waals surface area contributed by atoms with Gasteiger partial charge in [-0.05, 0) is 30.7 Å². The number of nitrogens with one attached hydrogen (secondary N) is 1. The van der Waals surface area contributed by atoms with E-state index >= 15 is 0 Å². The molecule has 0 radical (unpaired) electrons. The van der Waals surface area contributed by atoms with Crippen LogP contribution in [0.1, 0.15) is 24.1 Å². The summed E-state index contributed by atoms with van der Waals surface area (Å²) >= 11 is 5.96. The summed E-state index contributed by atoms with van der Waals surface area (Å²) in [4.78, 5) is 4.15. The van der Waals surface area contributed by atoms with Crippen molar-refractivity contribution in [1.29, 1.82) is 5.26 Å². The molecule has 0 aliphatic carbocycles. The zero-order valence-corrected chi connectivity index (χ0v) is 11.1. The Labute approximate surface area is 116 Å². The largest absolute Gasteiger partial charge is 0.397 e. The molecule has 96 valence electrons. The molecule has 1 aromatic carbocycles. The van der Waals surface area contributed by atoms with Crippen LogP contribution < -0.4 is 11.1 Å². The van der Waals surface area contributed by atoms with E-state index in [0.29, 0.717) is 22.1 Å². The second kappa shape index (κ2) is 5.59. The van der Waals surface area contributed by atoms with Crippen LogP contribution in [0.2, 0.25) is 5.02 Å². The zero-order valence-electron chi connectivity index (χ0n) is 10.4. The summed E-state index contributed by atoms with van der Waals surface area (Å²) in [6.45, 7) is 1.98. The SMILES string of the molecule is CC(Nc1ncc(N)cc1C#N)c1cccc(Cl)c1. The third-order valence-electron chi connectivity index (χ3n) is 2.73. The Morgan fingerprint density at radius 2 is 2.21 bits per heavy atom. The van der Waals surface area contributed by atoms with Crippen LogP contribution in [0.5, 0.6) is 0 Å². The first-order chi connectivity index (χ1) is 9.10. The number of nitrogens with two attached hydrogens (primary N) is 1. The van der Waals surface area contributed by atoms with Crippen molar-refractivity contribution in [2.45, 2.75) is 13.0 Å². The predicted molar refractivity (Wildman–Crippen MR) is 76.9 cm³/mol. The Hall–Kier alpha value is -2.25. The summed E-state index contributed by atoms with van der Waals surface area (Å²) in [5, 5.41) is 12.9. The van der Waals surface area contributed by atoms with E-state index in [-0.39, 0.29) is 6.04 Å². The van der Waals surface area contributed by atoms with E-state index in [1.54, 1.807) is 6.07 Å². The highest BCUT2D eigenvalue weighted by Gasteiger charge is 2.10. The van der Waals surface area contributed by atoms with Crippen molar-refractivity contribution in [3.63, 3.8) is 0 Å². The first kappa shape index (κ1) is 13.2. The lowest BCUT2D eigenvalue weighted by Crippen LogP contribution is -2.09. The number of nitrogen functional groups attached to an aromatic ring is 1. The molecule has 0 aliphatic rings. The van der Waals surface area contributed by atoms with E-state index in [2.05, 4.69) is 16.4 Å². The number of nitrogens with zero attached hydrogens (tertiary/aromatic N) is 2. The molecule has 0 saturated carbocycles. The van der Waals surface area contributed by atoms with E-state index in [1.165, 1.54) is 6.20 Å². The van der Waals surface area contributed by atoms with Crippen molar-refractivity contribution < 1.29 is 0 Å². The number of halogens is 1. The van der Waals surface area contributed by atoms with Gasteiger partial charge in [-0.25, -0.2) is 4.98 Å². The Morgan fingerprint density at radius 3 is 2.89 bits per heavy atom. The fraction of sp³-hybridized carbons (Fsp3) is 0.143. The summed E-state index contributed by atoms with van der Waals surface area (Å²) < 4.78 is 0. The van der Waals surface area contributed by atoms with Crippen molar-refractivity contribution in [3.05, 3.63) is 52.7 Å². The Morgan fingerprint density at radius 1 is 1.42 bits per heavy atom. The number of pyridine rings is 1. The minimum Gasteiger partial charge on any atom is -0.397 e. The number of rotatable bonds is 3. The molecule has 0 spiro atoms. The molecule has 1 unspecified atom stereocenters. The third kappa shape index (κ3) is 3.15. The Balaban J connectivity index is 2.24. The van der Waals surface area contributed by atoms with Crippen molar-refractivity contribution in [2.24, 2.45) is 0 Å². The second-order valence-electron chi connectivity index (χ2n) is 4.20. The van der Waals surface area contributed by atoms with Gasteiger partial charge in [-0.2, -0.15) is 5.26 Å². The maximum Gasteiger partial charge on any atom is 0.144 e. The van der Waals surface area contributed by atoms with Gasteiger partial charge >= 0.3 is 0 Å². The van der Waals surface area contributed by atoms with Gasteiger partial charge in [-0.3, -0.25) is 0 Å². The molecular formula is C14H13ClN4. The summed E-state index contributed by atoms with van der Waals surface area (Å²) in [6.07, 6.45) is 1.52. The first-order valence-electron chi connectivity index (χ1n) is 5.78. The van der Waals surface area contributed by atoms with Crippen LogP contribution in [-0.4, -0.2) is 4.98 Å². The maximum absolute atomic E-state index is 9.06. The van der Waals surface area contributed by atoms with Crippen LogP contribution in [0.25, 0.3) is 0 Å². The summed E-state index contributed by atoms with van der Waals surface area (Å²) in [5.74, 6) is 0.518. The Bertz CT molecular complexity index is 634. The Kier molecular flexibility index (Phi) is 3.88. The van der Waals surface area contributed by atoms with Gasteiger partial charge in [-0.1, -0.05) is 23.7 Å². The first-order valence-corrected chi connectivity index (χ1v) is 6.15. The molecule has 1 atom stereocenters. The highest BCUT2D eigenvalue weighted by Crippen LogP contribution is 2.23. The highest BCUT2D eigenvalue weighted by molar-refractivity contribution is 6.30. The highest BCUT2D eigenvalue weighted by atomic mass is 35.5. The molecule has 2 rings (SSSR count). The topological polar surface area (TPSA) is 74.7 Å². The standard InChI is InChI=1S/C14H13ClN4/c1-9(10-3-2-4-12(15)5-10)19-14-11(7-16)6-13(17)8-18-14/h2-6,8-9H,17H2,1H3,(H,18,19). The molecule has 0 saturated heterocycles. The van der Waals surface area contributed by atoms with Gasteiger partial charge in [0.25, 0.3) is 0 Å². The molecule has 19 heavy (non-hydrogen) atoms. The number of nitriles is 1. The van der Waals surface area contributed by atoms with E-state index < -0.39 is 0 Å². The molecular weight excluding hydrogens is 260 g/mol. The predicted octanol–water partition coefficient (Wildman–Crippen LogP) is 3.36. The molecule has 0 aliphatic heterocycles. The smallest absolute Gasteiger partial charge is 0.144 e. The van der Waals surface area contributed by atoms with Crippen LogP contribution in [0.3, 0.4) is 0 Å². The number of hydrogen-bond acceptors (Lipinski definition) is 4. The lowest BCUT2D eigenvalue weighted by molar-refractivity contribution is 0.874. The van der Waals surface area contributed by atoms with Gasteiger partial charge in [-0.15, -0.1) is 0 Å². The van der Waals surface area contributed by atoms with E-state index in [0.717, 1.165) is 5.56 Å². The summed E-state index contributed by atoms with van der Waals surface area (Å²) in [5.41, 5.74) is 7.52. The fourth-order valence-electron chi connectivity index (χ4n) is 1.75. The lowest BCUT2D eigenvalue weighted by Gasteiger charge is -2.16. The van der Waals surface area contributed by atoms with Gasteiger partial charge in [0, 0.05) is 5.02 Å². The molecule has 3 N–H and O–H groups in total. The van der Waals surface area contributed by atoms with E-state index in [4.69, 9.17) is 22.6 Å². The number of benzene rings is 1. The van der Waals surface area contributed by atoms with Crippen LogP contribution in [-0.2, 0) is 0 Å². The molecule has 0 fully saturated rings. The lowest BCUT2D eigenvalue weighted by atomic mass is 10.1. The third-order valence-corrected chi connectivity index (χ3v) is 2.97. The fourth-order valence-corrected chi connectivity index (χ4v) is 1.94. The summed E-state index contributed by atoms with van der Waals surface area (Å²) in [6, 6.07) is 11.2. The van der Waals surface area contributed by atoms with Crippen LogP contribution in [0.15, 0.2) is 36.5 Å². The minimum absolute atomic E-state index is 0.0121. The number of hydrogen-bond donors (Lipinski definition) is 2. The van der Waals surface area contributed by atoms with Crippen molar-refractivity contribution in [3.8, 4) is 6.07 Å². The molecule has 2 aromatic rings. The second-order valence-corrected chi connectivity index (χ2v) is 4.63. The van der Waals surface area contributed by atoms with Gasteiger partial charge in [0.15, 0.2) is 0 Å². The average Bonchev–Trinajstić information content (AvgIpc) is 2.40. The monoisotopic (exact) mass is 272 g/mol. The van der Waals surface area contributed by atoms with Gasteiger partial charge in [0.1, 0.15) is 11.9 Å². The number of aromatic nitrogens is 1. The van der Waals surface area contributed by atoms with Crippen molar-refractivity contribution in [1.82, 2.24) is 4.98 Å². The molecule has 5 heteroatoms. The van der Waals surface area contributed by atoms with Crippen LogP contribution >= 0.6 is 11.6 Å². The van der Waals surface area contributed by atoms with Gasteiger partial charge < -0.3 is 11.1 Å². The zero-order chi connectivity index (χ0) is 13.8. The quantitative estimate of drug-likeness (QED) is 0.898. The normalized spacial score (nSPS) is 11.6. The van der Waals surface area contributed by atoms with E-state index in [9.17, 15) is 0 Å². The average molecular weight is 273 g/mol. The minimum atomic E-state index is -0.0121. The molecule has 1 aromatic heterocycles. The van der Waals surface area contributed by atoms with Crippen molar-refractivity contribution >= 4 is 23.1 Å². The van der Waals surface area contributed by atoms with Crippen LogP contribution in [0.4, 0.5) is 11.5 Å². The molecule has 0 bridgehead atoms. The van der Waals surface area contributed by atoms with Gasteiger partial charge in [0.05, 0.1) is 23.5 Å². The maximum atomic E-state index is 9.06.